The van der Waals surface area contributed by atoms with E-state index in [-0.39, 0.29) is 5.56 Å². The molecule has 26 heavy (non-hydrogen) atoms. The minimum absolute atomic E-state index is 0.0303. The number of aryl methyl sites for hydroxylation is 2. The summed E-state index contributed by atoms with van der Waals surface area (Å²) in [6, 6.07) is 13.8. The number of pyridine rings is 2. The first-order valence-corrected chi connectivity index (χ1v) is 8.63. The highest BCUT2D eigenvalue weighted by molar-refractivity contribution is 5.33. The van der Waals surface area contributed by atoms with Crippen LogP contribution in [0.4, 0.5) is 0 Å². The van der Waals surface area contributed by atoms with Gasteiger partial charge in [-0.25, -0.2) is 0 Å². The molecule has 0 bridgehead atoms. The maximum absolute atomic E-state index is 12.1. The molecule has 0 aliphatic carbocycles. The van der Waals surface area contributed by atoms with Gasteiger partial charge in [0.1, 0.15) is 12.4 Å². The third-order valence-electron chi connectivity index (χ3n) is 4.23. The number of para-hydroxylation sites is 1. The van der Waals surface area contributed by atoms with E-state index >= 15 is 0 Å². The Bertz CT molecular complexity index is 920. The second kappa shape index (κ2) is 8.45. The van der Waals surface area contributed by atoms with Gasteiger partial charge in [0.05, 0.1) is 0 Å². The number of benzene rings is 1. The van der Waals surface area contributed by atoms with Gasteiger partial charge in [-0.1, -0.05) is 18.2 Å². The van der Waals surface area contributed by atoms with Gasteiger partial charge in [-0.3, -0.25) is 9.78 Å². The molecule has 3 rings (SSSR count). The van der Waals surface area contributed by atoms with E-state index in [1.54, 1.807) is 12.4 Å². The molecule has 134 valence electrons. The van der Waals surface area contributed by atoms with E-state index < -0.39 is 0 Å². The topological polar surface area (TPSA) is 67.0 Å². The van der Waals surface area contributed by atoms with Crippen molar-refractivity contribution >= 4 is 0 Å². The summed E-state index contributed by atoms with van der Waals surface area (Å²) >= 11 is 0. The number of rotatable bonds is 7. The number of H-pyrrole nitrogens is 1. The van der Waals surface area contributed by atoms with E-state index in [4.69, 9.17) is 4.74 Å². The monoisotopic (exact) mass is 349 g/mol. The molecule has 2 aromatic heterocycles. The third kappa shape index (κ3) is 4.58. The second-order valence-electron chi connectivity index (χ2n) is 6.30. The molecular weight excluding hydrogens is 326 g/mol. The zero-order valence-electron chi connectivity index (χ0n) is 15.1. The molecule has 0 amide bonds. The molecule has 0 aliphatic heterocycles. The third-order valence-corrected chi connectivity index (χ3v) is 4.23. The Morgan fingerprint density at radius 3 is 2.62 bits per heavy atom. The van der Waals surface area contributed by atoms with Crippen molar-refractivity contribution in [3.63, 3.8) is 0 Å². The molecule has 5 heteroatoms. The highest BCUT2D eigenvalue weighted by Gasteiger charge is 2.07. The summed E-state index contributed by atoms with van der Waals surface area (Å²) in [5.74, 6) is 0.839. The summed E-state index contributed by atoms with van der Waals surface area (Å²) in [7, 11) is 0. The summed E-state index contributed by atoms with van der Waals surface area (Å²) in [6.45, 7) is 5.49. The first-order valence-electron chi connectivity index (χ1n) is 8.63. The molecule has 2 heterocycles. The van der Waals surface area contributed by atoms with Crippen molar-refractivity contribution < 1.29 is 4.74 Å². The van der Waals surface area contributed by atoms with Crippen molar-refractivity contribution in [1.29, 1.82) is 0 Å². The fourth-order valence-electron chi connectivity index (χ4n) is 2.85. The van der Waals surface area contributed by atoms with E-state index in [9.17, 15) is 4.79 Å². The van der Waals surface area contributed by atoms with Crippen LogP contribution in [0.1, 0.15) is 27.9 Å². The van der Waals surface area contributed by atoms with Crippen LogP contribution in [-0.4, -0.2) is 9.97 Å². The minimum atomic E-state index is -0.0303. The van der Waals surface area contributed by atoms with Crippen LogP contribution in [0, 0.1) is 13.8 Å². The molecule has 1 aromatic carbocycles. The molecule has 5 nitrogen and oxygen atoms in total. The quantitative estimate of drug-likeness (QED) is 0.687. The SMILES string of the molecule is Cc1cc(C)c(CNCc2ccccc2OCc2ccncc2)c(=O)[nH]1. The van der Waals surface area contributed by atoms with Crippen LogP contribution in [0.25, 0.3) is 0 Å². The van der Waals surface area contributed by atoms with E-state index in [0.29, 0.717) is 19.7 Å². The molecule has 0 unspecified atom stereocenters. The molecule has 0 spiro atoms. The van der Waals surface area contributed by atoms with Crippen molar-refractivity contribution in [2.45, 2.75) is 33.5 Å². The van der Waals surface area contributed by atoms with Crippen LogP contribution < -0.4 is 15.6 Å². The van der Waals surface area contributed by atoms with Gasteiger partial charge < -0.3 is 15.0 Å². The molecular formula is C21H23N3O2. The first kappa shape index (κ1) is 17.9. The van der Waals surface area contributed by atoms with Crippen molar-refractivity contribution in [2.24, 2.45) is 0 Å². The van der Waals surface area contributed by atoms with Crippen LogP contribution in [0.15, 0.2) is 59.7 Å². The predicted molar refractivity (Wildman–Crippen MR) is 102 cm³/mol. The maximum Gasteiger partial charge on any atom is 0.252 e. The second-order valence-corrected chi connectivity index (χ2v) is 6.30. The lowest BCUT2D eigenvalue weighted by Crippen LogP contribution is -2.23. The van der Waals surface area contributed by atoms with E-state index in [1.807, 2.05) is 56.3 Å². The van der Waals surface area contributed by atoms with Gasteiger partial charge >= 0.3 is 0 Å². The van der Waals surface area contributed by atoms with Crippen molar-refractivity contribution in [3.05, 3.63) is 93.2 Å². The number of aromatic nitrogens is 2. The smallest absolute Gasteiger partial charge is 0.252 e. The zero-order chi connectivity index (χ0) is 18.4. The van der Waals surface area contributed by atoms with Crippen molar-refractivity contribution in [2.75, 3.05) is 0 Å². The number of nitrogens with one attached hydrogen (secondary N) is 2. The van der Waals surface area contributed by atoms with E-state index in [1.165, 1.54) is 0 Å². The van der Waals surface area contributed by atoms with Gasteiger partial charge in [-0.2, -0.15) is 0 Å². The fourth-order valence-corrected chi connectivity index (χ4v) is 2.85. The zero-order valence-corrected chi connectivity index (χ0v) is 15.1. The average molecular weight is 349 g/mol. The fraction of sp³-hybridized carbons (Fsp3) is 0.238. The number of ether oxygens (including phenoxy) is 1. The summed E-state index contributed by atoms with van der Waals surface area (Å²) < 4.78 is 5.95. The van der Waals surface area contributed by atoms with E-state index in [2.05, 4.69) is 15.3 Å². The number of hydrogen-bond acceptors (Lipinski definition) is 4. The summed E-state index contributed by atoms with van der Waals surface area (Å²) in [5.41, 5.74) is 4.75. The Balaban J connectivity index is 1.63. The highest BCUT2D eigenvalue weighted by atomic mass is 16.5. The van der Waals surface area contributed by atoms with E-state index in [0.717, 1.165) is 33.7 Å². The standard InChI is InChI=1S/C21H23N3O2/c1-15-11-16(2)24-21(25)19(15)13-23-12-18-5-3-4-6-20(18)26-14-17-7-9-22-10-8-17/h3-11,23H,12-14H2,1-2H3,(H,24,25). The van der Waals surface area contributed by atoms with Crippen molar-refractivity contribution in [1.82, 2.24) is 15.3 Å². The lowest BCUT2D eigenvalue weighted by molar-refractivity contribution is 0.302. The average Bonchev–Trinajstić information content (AvgIpc) is 2.64. The predicted octanol–water partition coefficient (Wildman–Crippen LogP) is 3.26. The summed E-state index contributed by atoms with van der Waals surface area (Å²) in [5, 5.41) is 3.35. The molecule has 0 fully saturated rings. The summed E-state index contributed by atoms with van der Waals surface area (Å²) in [4.78, 5) is 19.0. The largest absolute Gasteiger partial charge is 0.489 e. The Kier molecular flexibility index (Phi) is 5.81. The van der Waals surface area contributed by atoms with Crippen LogP contribution in [0.3, 0.4) is 0 Å². The molecule has 0 saturated heterocycles. The maximum atomic E-state index is 12.1. The molecule has 0 aliphatic rings. The van der Waals surface area contributed by atoms with Crippen LogP contribution in [0.5, 0.6) is 5.75 Å². The Labute approximate surface area is 153 Å². The van der Waals surface area contributed by atoms with Gasteiger partial charge in [0.2, 0.25) is 0 Å². The lowest BCUT2D eigenvalue weighted by atomic mass is 10.1. The summed E-state index contributed by atoms with van der Waals surface area (Å²) in [6.07, 6.45) is 3.52. The van der Waals surface area contributed by atoms with Gasteiger partial charge in [-0.05, 0) is 49.2 Å². The Morgan fingerprint density at radius 2 is 1.85 bits per heavy atom. The lowest BCUT2D eigenvalue weighted by Gasteiger charge is -2.13. The minimum Gasteiger partial charge on any atom is -0.489 e. The Hall–Kier alpha value is -2.92. The normalized spacial score (nSPS) is 10.7. The molecule has 0 radical (unpaired) electrons. The molecule has 0 atom stereocenters. The van der Waals surface area contributed by atoms with Gasteiger partial charge in [0.25, 0.3) is 5.56 Å². The number of aromatic amines is 1. The highest BCUT2D eigenvalue weighted by Crippen LogP contribution is 2.19. The van der Waals surface area contributed by atoms with Gasteiger partial charge in [0, 0.05) is 42.3 Å². The van der Waals surface area contributed by atoms with Crippen LogP contribution in [0.2, 0.25) is 0 Å². The Morgan fingerprint density at radius 1 is 1.08 bits per heavy atom. The number of hydrogen-bond donors (Lipinski definition) is 2. The van der Waals surface area contributed by atoms with Gasteiger partial charge in [-0.15, -0.1) is 0 Å². The molecule has 0 saturated carbocycles. The van der Waals surface area contributed by atoms with Crippen molar-refractivity contribution in [3.8, 4) is 5.75 Å². The van der Waals surface area contributed by atoms with Crippen LogP contribution >= 0.6 is 0 Å². The molecule has 2 N–H and O–H groups in total. The van der Waals surface area contributed by atoms with Gasteiger partial charge in [0.15, 0.2) is 0 Å². The number of nitrogens with zero attached hydrogens (tertiary/aromatic N) is 1. The first-order chi connectivity index (χ1) is 12.6. The molecule has 3 aromatic rings. The van der Waals surface area contributed by atoms with Crippen LogP contribution in [-0.2, 0) is 19.7 Å².